The van der Waals surface area contributed by atoms with E-state index in [1.165, 1.54) is 13.2 Å². The zero-order valence-electron chi connectivity index (χ0n) is 18.7. The van der Waals surface area contributed by atoms with Gasteiger partial charge in [0.1, 0.15) is 5.75 Å². The molecule has 9 heteroatoms. The fourth-order valence-corrected chi connectivity index (χ4v) is 4.53. The third kappa shape index (κ3) is 6.34. The Kier molecular flexibility index (Phi) is 8.51. The third-order valence-corrected chi connectivity index (χ3v) is 6.10. The second kappa shape index (κ2) is 11.1. The van der Waals surface area contributed by atoms with Crippen LogP contribution in [0.15, 0.2) is 36.4 Å². The maximum Gasteiger partial charge on any atom is 0.248 e. The van der Waals surface area contributed by atoms with E-state index < -0.39 is 0 Å². The van der Waals surface area contributed by atoms with Crippen LogP contribution in [0.25, 0.3) is 6.08 Å². The number of halogens is 3. The molecule has 1 N–H and O–H groups in total. The Morgan fingerprint density at radius 2 is 1.73 bits per heavy atom. The number of amides is 2. The van der Waals surface area contributed by atoms with Crippen molar-refractivity contribution in [3.05, 3.63) is 57.0 Å². The number of ether oxygens (including phenoxy) is 1. The van der Waals surface area contributed by atoms with E-state index >= 15 is 0 Å². The molecule has 2 aromatic carbocycles. The lowest BCUT2D eigenvalue weighted by Gasteiger charge is -2.37. The van der Waals surface area contributed by atoms with Crippen molar-refractivity contribution in [3.63, 3.8) is 0 Å². The van der Waals surface area contributed by atoms with Gasteiger partial charge < -0.3 is 19.9 Å². The smallest absolute Gasteiger partial charge is 0.248 e. The Morgan fingerprint density at radius 1 is 1.03 bits per heavy atom. The van der Waals surface area contributed by atoms with Crippen molar-refractivity contribution in [2.45, 2.75) is 13.8 Å². The van der Waals surface area contributed by atoms with Crippen LogP contribution in [0.4, 0.5) is 11.4 Å². The predicted molar refractivity (Wildman–Crippen MR) is 136 cm³/mol. The van der Waals surface area contributed by atoms with Gasteiger partial charge in [-0.3, -0.25) is 9.59 Å². The normalized spacial score (nSPS) is 14.2. The molecule has 33 heavy (non-hydrogen) atoms. The van der Waals surface area contributed by atoms with Crippen LogP contribution in [0.2, 0.25) is 15.1 Å². The van der Waals surface area contributed by atoms with Crippen LogP contribution in [-0.2, 0) is 9.59 Å². The van der Waals surface area contributed by atoms with Crippen molar-refractivity contribution in [1.29, 1.82) is 0 Å². The second-order valence-electron chi connectivity index (χ2n) is 7.97. The molecule has 0 atom stereocenters. The molecule has 0 aromatic heterocycles. The summed E-state index contributed by atoms with van der Waals surface area (Å²) in [5.74, 6) is 0.268. The van der Waals surface area contributed by atoms with E-state index in [1.54, 1.807) is 30.3 Å². The molecule has 1 fully saturated rings. The standard InChI is InChI=1S/C24H26Cl3N3O3/c1-15(2)24(32)30-10-8-29(9-11-30)21-6-5-18(14-19(21)26)28-22(31)7-4-16-12-17(25)13-20(27)23(16)33-3/h4-7,12-15H,8-11H2,1-3H3,(H,28,31). The zero-order chi connectivity index (χ0) is 24.1. The second-order valence-corrected chi connectivity index (χ2v) is 9.22. The van der Waals surface area contributed by atoms with Gasteiger partial charge in [-0.2, -0.15) is 0 Å². The summed E-state index contributed by atoms with van der Waals surface area (Å²) in [7, 11) is 1.50. The molecule has 0 radical (unpaired) electrons. The van der Waals surface area contributed by atoms with E-state index in [2.05, 4.69) is 10.2 Å². The Hall–Kier alpha value is -2.41. The molecule has 2 aromatic rings. The van der Waals surface area contributed by atoms with Gasteiger partial charge in [-0.25, -0.2) is 0 Å². The lowest BCUT2D eigenvalue weighted by Crippen LogP contribution is -2.50. The van der Waals surface area contributed by atoms with Crippen LogP contribution in [0.3, 0.4) is 0 Å². The molecule has 0 aliphatic carbocycles. The van der Waals surface area contributed by atoms with Crippen molar-refractivity contribution < 1.29 is 14.3 Å². The highest BCUT2D eigenvalue weighted by atomic mass is 35.5. The van der Waals surface area contributed by atoms with Crippen molar-refractivity contribution >= 4 is 64.1 Å². The summed E-state index contributed by atoms with van der Waals surface area (Å²) in [6.07, 6.45) is 2.96. The SMILES string of the molecule is COc1c(Cl)cc(Cl)cc1C=CC(=O)Nc1ccc(N2CCN(C(=O)C(C)C)CC2)c(Cl)c1. The largest absolute Gasteiger partial charge is 0.495 e. The number of hydrogen-bond donors (Lipinski definition) is 1. The highest BCUT2D eigenvalue weighted by molar-refractivity contribution is 6.36. The molecule has 176 valence electrons. The summed E-state index contributed by atoms with van der Waals surface area (Å²) in [5, 5.41) is 4.13. The maximum atomic E-state index is 12.4. The highest BCUT2D eigenvalue weighted by Crippen LogP contribution is 2.33. The van der Waals surface area contributed by atoms with Crippen molar-refractivity contribution in [3.8, 4) is 5.75 Å². The third-order valence-electron chi connectivity index (χ3n) is 5.30. The van der Waals surface area contributed by atoms with Gasteiger partial charge in [0.15, 0.2) is 0 Å². The van der Waals surface area contributed by atoms with Gasteiger partial charge >= 0.3 is 0 Å². The number of methoxy groups -OCH3 is 1. The molecule has 0 spiro atoms. The quantitative estimate of drug-likeness (QED) is 0.513. The summed E-state index contributed by atoms with van der Waals surface area (Å²) < 4.78 is 5.28. The monoisotopic (exact) mass is 509 g/mol. The van der Waals surface area contributed by atoms with Crippen molar-refractivity contribution in [2.75, 3.05) is 43.5 Å². The fourth-order valence-electron chi connectivity index (χ4n) is 3.64. The molecule has 1 aliphatic rings. The van der Waals surface area contributed by atoms with Gasteiger partial charge in [0.25, 0.3) is 0 Å². The summed E-state index contributed by atoms with van der Waals surface area (Å²) in [6.45, 7) is 6.55. The van der Waals surface area contributed by atoms with Crippen LogP contribution >= 0.6 is 34.8 Å². The van der Waals surface area contributed by atoms with E-state index in [0.29, 0.717) is 58.2 Å². The van der Waals surface area contributed by atoms with Gasteiger partial charge in [0.2, 0.25) is 11.8 Å². The van der Waals surface area contributed by atoms with Crippen LogP contribution in [0.5, 0.6) is 5.75 Å². The summed E-state index contributed by atoms with van der Waals surface area (Å²) in [4.78, 5) is 28.6. The van der Waals surface area contributed by atoms with Crippen LogP contribution in [0, 0.1) is 5.92 Å². The van der Waals surface area contributed by atoms with Crippen LogP contribution in [-0.4, -0.2) is 50.0 Å². The number of piperazine rings is 1. The molecule has 1 saturated heterocycles. The van der Waals surface area contributed by atoms with Crippen molar-refractivity contribution in [2.24, 2.45) is 5.92 Å². The average molecular weight is 511 g/mol. The van der Waals surface area contributed by atoms with Crippen molar-refractivity contribution in [1.82, 2.24) is 4.90 Å². The number of nitrogens with zero attached hydrogens (tertiary/aromatic N) is 2. The van der Waals surface area contributed by atoms with E-state index in [-0.39, 0.29) is 17.7 Å². The van der Waals surface area contributed by atoms with Gasteiger partial charge in [0.05, 0.1) is 22.8 Å². The Balaban J connectivity index is 1.63. The Labute approximate surface area is 209 Å². The number of rotatable bonds is 6. The molecular weight excluding hydrogens is 485 g/mol. The van der Waals surface area contributed by atoms with E-state index in [9.17, 15) is 9.59 Å². The number of nitrogens with one attached hydrogen (secondary N) is 1. The topological polar surface area (TPSA) is 61.9 Å². The van der Waals surface area contributed by atoms with Gasteiger partial charge in [-0.05, 0) is 36.4 Å². The molecule has 0 bridgehead atoms. The molecule has 1 aliphatic heterocycles. The minimum Gasteiger partial charge on any atom is -0.495 e. The van der Waals surface area contributed by atoms with Crippen LogP contribution < -0.4 is 15.0 Å². The summed E-state index contributed by atoms with van der Waals surface area (Å²) >= 11 is 18.7. The molecule has 3 rings (SSSR count). The summed E-state index contributed by atoms with van der Waals surface area (Å²) in [6, 6.07) is 8.63. The van der Waals surface area contributed by atoms with Crippen LogP contribution in [0.1, 0.15) is 19.4 Å². The van der Waals surface area contributed by atoms with E-state index in [1.807, 2.05) is 24.8 Å². The molecular formula is C24H26Cl3N3O3. The first-order chi connectivity index (χ1) is 15.7. The zero-order valence-corrected chi connectivity index (χ0v) is 21.0. The van der Waals surface area contributed by atoms with Gasteiger partial charge in [-0.1, -0.05) is 48.7 Å². The number of carbonyl (C=O) groups excluding carboxylic acids is 2. The first kappa shape index (κ1) is 25.2. The minimum atomic E-state index is -0.335. The summed E-state index contributed by atoms with van der Waals surface area (Å²) in [5.41, 5.74) is 2.04. The van der Waals surface area contributed by atoms with E-state index in [4.69, 9.17) is 39.5 Å². The maximum absolute atomic E-state index is 12.4. The lowest BCUT2D eigenvalue weighted by molar-refractivity contribution is -0.134. The molecule has 0 unspecified atom stereocenters. The molecule has 0 saturated carbocycles. The predicted octanol–water partition coefficient (Wildman–Crippen LogP) is 5.61. The first-order valence-corrected chi connectivity index (χ1v) is 11.7. The molecule has 2 amide bonds. The minimum absolute atomic E-state index is 0.00552. The fraction of sp³-hybridized carbons (Fsp3) is 0.333. The van der Waals surface area contributed by atoms with Gasteiger partial charge in [-0.15, -0.1) is 0 Å². The van der Waals surface area contributed by atoms with E-state index in [0.717, 1.165) is 5.69 Å². The van der Waals surface area contributed by atoms with Gasteiger partial charge in [0, 0.05) is 54.4 Å². The number of carbonyl (C=O) groups is 2. The first-order valence-electron chi connectivity index (χ1n) is 10.5. The highest BCUT2D eigenvalue weighted by Gasteiger charge is 2.24. The molecule has 1 heterocycles. The number of anilines is 2. The molecule has 6 nitrogen and oxygen atoms in total. The number of hydrogen-bond acceptors (Lipinski definition) is 4. The Bertz CT molecular complexity index is 1060. The number of benzene rings is 2. The Morgan fingerprint density at radius 3 is 2.33 bits per heavy atom. The average Bonchev–Trinajstić information content (AvgIpc) is 2.77. The lowest BCUT2D eigenvalue weighted by atomic mass is 10.1.